The second-order valence-electron chi connectivity index (χ2n) is 4.03. The fourth-order valence-corrected chi connectivity index (χ4v) is 1.59. The molecule has 2 unspecified atom stereocenters. The molecule has 0 fully saturated rings. The minimum absolute atomic E-state index is 0.0828. The first-order valence-corrected chi connectivity index (χ1v) is 5.60. The first kappa shape index (κ1) is 13.7. The molecule has 0 radical (unpaired) electrons. The first-order chi connectivity index (χ1) is 8.17. The molecule has 4 heteroatoms. The van der Waals surface area contributed by atoms with Crippen molar-refractivity contribution < 1.29 is 9.84 Å². The van der Waals surface area contributed by atoms with Gasteiger partial charge in [0.1, 0.15) is 0 Å². The van der Waals surface area contributed by atoms with Crippen LogP contribution in [0.25, 0.3) is 0 Å². The molecule has 0 amide bonds. The Hall–Kier alpha value is -1.41. The predicted molar refractivity (Wildman–Crippen MR) is 65.2 cm³/mol. The Kier molecular flexibility index (Phi) is 5.64. The van der Waals surface area contributed by atoms with Gasteiger partial charge in [0, 0.05) is 19.8 Å². The third-order valence-corrected chi connectivity index (χ3v) is 2.64. The molecule has 0 aliphatic heterocycles. The van der Waals surface area contributed by atoms with E-state index in [2.05, 4.69) is 0 Å². The molecule has 0 aliphatic rings. The van der Waals surface area contributed by atoms with Gasteiger partial charge in [-0.05, 0) is 30.5 Å². The van der Waals surface area contributed by atoms with E-state index >= 15 is 0 Å². The molecule has 1 aromatic rings. The van der Waals surface area contributed by atoms with Crippen molar-refractivity contribution in [3.8, 4) is 6.07 Å². The number of benzene rings is 1. The van der Waals surface area contributed by atoms with E-state index in [1.807, 2.05) is 6.07 Å². The van der Waals surface area contributed by atoms with Gasteiger partial charge in [0.2, 0.25) is 0 Å². The molecular weight excluding hydrogens is 216 g/mol. The molecule has 1 aromatic carbocycles. The summed E-state index contributed by atoms with van der Waals surface area (Å²) in [6.07, 6.45) is 0.633. The lowest BCUT2D eigenvalue weighted by Gasteiger charge is -2.16. The Labute approximate surface area is 102 Å². The highest BCUT2D eigenvalue weighted by Gasteiger charge is 2.12. The summed E-state index contributed by atoms with van der Waals surface area (Å²) in [6, 6.07) is 8.86. The van der Waals surface area contributed by atoms with Crippen molar-refractivity contribution in [2.45, 2.75) is 25.0 Å². The monoisotopic (exact) mass is 234 g/mol. The van der Waals surface area contributed by atoms with Crippen molar-refractivity contribution in [1.29, 1.82) is 5.26 Å². The second kappa shape index (κ2) is 7.02. The number of nitrogens with two attached hydrogens (primary N) is 1. The number of aliphatic hydroxyl groups is 1. The lowest BCUT2D eigenvalue weighted by atomic mass is 10.00. The molecule has 0 heterocycles. The van der Waals surface area contributed by atoms with E-state index in [0.717, 1.165) is 12.0 Å². The fourth-order valence-electron chi connectivity index (χ4n) is 1.59. The Bertz CT molecular complexity index is 370. The van der Waals surface area contributed by atoms with Crippen molar-refractivity contribution in [1.82, 2.24) is 0 Å². The Balaban J connectivity index is 2.51. The number of methoxy groups -OCH3 is 1. The zero-order chi connectivity index (χ0) is 12.7. The number of ether oxygens (including phenoxy) is 1. The number of rotatable bonds is 6. The van der Waals surface area contributed by atoms with Crippen molar-refractivity contribution in [2.75, 3.05) is 13.7 Å². The van der Waals surface area contributed by atoms with Gasteiger partial charge >= 0.3 is 0 Å². The number of hydrogen-bond acceptors (Lipinski definition) is 4. The van der Waals surface area contributed by atoms with Crippen LogP contribution in [0.1, 0.15) is 30.1 Å². The van der Waals surface area contributed by atoms with Crippen LogP contribution >= 0.6 is 0 Å². The molecule has 0 aromatic heterocycles. The van der Waals surface area contributed by atoms with Gasteiger partial charge in [-0.15, -0.1) is 0 Å². The predicted octanol–water partition coefficient (Wildman–Crippen LogP) is 1.35. The maximum atomic E-state index is 9.95. The zero-order valence-corrected chi connectivity index (χ0v) is 9.97. The smallest absolute Gasteiger partial charge is 0.0991 e. The molecule has 3 N–H and O–H groups in total. The SMILES string of the molecule is COCCC(N)CC(O)c1ccc(C#N)cc1. The van der Waals surface area contributed by atoms with E-state index in [1.54, 1.807) is 31.4 Å². The summed E-state index contributed by atoms with van der Waals surface area (Å²) < 4.78 is 4.93. The van der Waals surface area contributed by atoms with Gasteiger partial charge in [0.15, 0.2) is 0 Å². The maximum Gasteiger partial charge on any atom is 0.0991 e. The minimum atomic E-state index is -0.588. The summed E-state index contributed by atoms with van der Waals surface area (Å²) in [7, 11) is 1.63. The van der Waals surface area contributed by atoms with E-state index in [4.69, 9.17) is 15.7 Å². The van der Waals surface area contributed by atoms with Crippen molar-refractivity contribution in [3.63, 3.8) is 0 Å². The third-order valence-electron chi connectivity index (χ3n) is 2.64. The van der Waals surface area contributed by atoms with Gasteiger partial charge in [0.05, 0.1) is 17.7 Å². The van der Waals surface area contributed by atoms with Crippen LogP contribution in [0.5, 0.6) is 0 Å². The van der Waals surface area contributed by atoms with Crippen molar-refractivity contribution in [3.05, 3.63) is 35.4 Å². The Morgan fingerprint density at radius 1 is 1.41 bits per heavy atom. The van der Waals surface area contributed by atoms with Crippen molar-refractivity contribution >= 4 is 0 Å². The maximum absolute atomic E-state index is 9.95. The summed E-state index contributed by atoms with van der Waals surface area (Å²) in [5.41, 5.74) is 7.24. The molecule has 17 heavy (non-hydrogen) atoms. The van der Waals surface area contributed by atoms with Crippen LogP contribution in [0.15, 0.2) is 24.3 Å². The quantitative estimate of drug-likeness (QED) is 0.778. The van der Waals surface area contributed by atoms with Crippen molar-refractivity contribution in [2.24, 2.45) is 5.73 Å². The summed E-state index contributed by atoms with van der Waals surface area (Å²) in [6.45, 7) is 0.598. The van der Waals surface area contributed by atoms with Crippen LogP contribution in [-0.2, 0) is 4.74 Å². The van der Waals surface area contributed by atoms with Gasteiger partial charge in [-0.2, -0.15) is 5.26 Å². The first-order valence-electron chi connectivity index (χ1n) is 5.60. The van der Waals surface area contributed by atoms with Gasteiger partial charge in [-0.3, -0.25) is 0 Å². The molecule has 0 aliphatic carbocycles. The van der Waals surface area contributed by atoms with E-state index in [1.165, 1.54) is 0 Å². The van der Waals surface area contributed by atoms with Gasteiger partial charge < -0.3 is 15.6 Å². The standard InChI is InChI=1S/C13H18N2O2/c1-17-7-6-12(15)8-13(16)11-4-2-10(9-14)3-5-11/h2-5,12-13,16H,6-8,15H2,1H3. The van der Waals surface area contributed by atoms with Crippen LogP contribution in [0.4, 0.5) is 0 Å². The Morgan fingerprint density at radius 2 is 2.06 bits per heavy atom. The van der Waals surface area contributed by atoms with E-state index in [-0.39, 0.29) is 6.04 Å². The molecule has 0 spiro atoms. The van der Waals surface area contributed by atoms with Crippen LogP contribution in [0.3, 0.4) is 0 Å². The van der Waals surface area contributed by atoms with E-state index < -0.39 is 6.10 Å². The highest BCUT2D eigenvalue weighted by Crippen LogP contribution is 2.19. The third kappa shape index (κ3) is 4.53. The summed E-state index contributed by atoms with van der Waals surface area (Å²) in [5.74, 6) is 0. The Morgan fingerprint density at radius 3 is 2.59 bits per heavy atom. The number of hydrogen-bond donors (Lipinski definition) is 2. The number of aliphatic hydroxyl groups excluding tert-OH is 1. The molecule has 2 atom stereocenters. The van der Waals surface area contributed by atoms with E-state index in [9.17, 15) is 5.11 Å². The number of nitrogens with zero attached hydrogens (tertiary/aromatic N) is 1. The summed E-state index contributed by atoms with van der Waals surface area (Å²) in [5, 5.41) is 18.6. The summed E-state index contributed by atoms with van der Waals surface area (Å²) in [4.78, 5) is 0. The minimum Gasteiger partial charge on any atom is -0.388 e. The molecule has 92 valence electrons. The van der Waals surface area contributed by atoms with Gasteiger partial charge in [0.25, 0.3) is 0 Å². The fraction of sp³-hybridized carbons (Fsp3) is 0.462. The molecule has 0 saturated carbocycles. The second-order valence-corrected chi connectivity index (χ2v) is 4.03. The average molecular weight is 234 g/mol. The van der Waals surface area contributed by atoms with Crippen LogP contribution in [0, 0.1) is 11.3 Å². The molecule has 4 nitrogen and oxygen atoms in total. The molecule has 0 saturated heterocycles. The average Bonchev–Trinajstić information content (AvgIpc) is 2.36. The molecule has 1 rings (SSSR count). The number of nitriles is 1. The van der Waals surface area contributed by atoms with Crippen LogP contribution in [0.2, 0.25) is 0 Å². The van der Waals surface area contributed by atoms with E-state index in [0.29, 0.717) is 18.6 Å². The van der Waals surface area contributed by atoms with Crippen LogP contribution < -0.4 is 5.73 Å². The van der Waals surface area contributed by atoms with Gasteiger partial charge in [-0.1, -0.05) is 12.1 Å². The largest absolute Gasteiger partial charge is 0.388 e. The summed E-state index contributed by atoms with van der Waals surface area (Å²) >= 11 is 0. The normalized spacial score (nSPS) is 14.0. The zero-order valence-electron chi connectivity index (χ0n) is 9.97. The lowest BCUT2D eigenvalue weighted by molar-refractivity contribution is 0.141. The molecular formula is C13H18N2O2. The molecule has 0 bridgehead atoms. The van der Waals surface area contributed by atoms with Crippen LogP contribution in [-0.4, -0.2) is 24.9 Å². The highest BCUT2D eigenvalue weighted by molar-refractivity contribution is 5.32. The lowest BCUT2D eigenvalue weighted by Crippen LogP contribution is -2.24. The topological polar surface area (TPSA) is 79.3 Å². The van der Waals surface area contributed by atoms with Gasteiger partial charge in [-0.25, -0.2) is 0 Å². The highest BCUT2D eigenvalue weighted by atomic mass is 16.5.